The Balaban J connectivity index is 1.61. The van der Waals surface area contributed by atoms with Crippen molar-refractivity contribution in [2.75, 3.05) is 19.7 Å². The Hall–Kier alpha value is -2.86. The van der Waals surface area contributed by atoms with Gasteiger partial charge in [0.25, 0.3) is 5.91 Å². The van der Waals surface area contributed by atoms with Crippen molar-refractivity contribution in [1.82, 2.24) is 4.90 Å². The van der Waals surface area contributed by atoms with Crippen LogP contribution in [-0.2, 0) is 5.75 Å². The van der Waals surface area contributed by atoms with Crippen LogP contribution in [0.15, 0.2) is 65.7 Å². The molecule has 4 nitrogen and oxygen atoms in total. The minimum absolute atomic E-state index is 0.104. The zero-order valence-electron chi connectivity index (χ0n) is 16.1. The smallest absolute Gasteiger partial charge is 0.264 e. The van der Waals surface area contributed by atoms with Crippen LogP contribution in [0.3, 0.4) is 0 Å². The van der Waals surface area contributed by atoms with Crippen molar-refractivity contribution in [2.45, 2.75) is 12.7 Å². The normalized spacial score (nSPS) is 13.6. The molecule has 0 atom stereocenters. The number of hydrogen-bond acceptors (Lipinski definition) is 4. The van der Waals surface area contributed by atoms with E-state index in [0.717, 1.165) is 16.3 Å². The molecular weight excluding hydrogens is 387 g/mol. The van der Waals surface area contributed by atoms with Gasteiger partial charge in [0.2, 0.25) is 0 Å². The third-order valence-electron chi connectivity index (χ3n) is 4.73. The van der Waals surface area contributed by atoms with E-state index in [2.05, 4.69) is 4.99 Å². The largest absolute Gasteiger partial charge is 0.493 e. The second-order valence-electron chi connectivity index (χ2n) is 6.63. The van der Waals surface area contributed by atoms with E-state index in [4.69, 9.17) is 4.74 Å². The van der Waals surface area contributed by atoms with E-state index in [-0.39, 0.29) is 11.7 Å². The van der Waals surface area contributed by atoms with Crippen molar-refractivity contribution < 1.29 is 13.9 Å². The Morgan fingerprint density at radius 1 is 1.14 bits per heavy atom. The number of halogens is 1. The second-order valence-corrected chi connectivity index (χ2v) is 7.57. The van der Waals surface area contributed by atoms with E-state index in [1.807, 2.05) is 43.3 Å². The molecule has 0 N–H and O–H groups in total. The number of aliphatic imine (C=N–C) groups is 1. The maximum atomic E-state index is 13.5. The van der Waals surface area contributed by atoms with Gasteiger partial charge in [-0.15, -0.1) is 0 Å². The minimum atomic E-state index is -0.256. The first-order chi connectivity index (χ1) is 14.2. The maximum absolute atomic E-state index is 13.5. The number of fused-ring (bicyclic) bond motifs is 1. The fourth-order valence-electron chi connectivity index (χ4n) is 3.35. The van der Waals surface area contributed by atoms with Gasteiger partial charge in [-0.05, 0) is 41.5 Å². The van der Waals surface area contributed by atoms with Crippen LogP contribution in [0.4, 0.5) is 4.39 Å². The fourth-order valence-corrected chi connectivity index (χ4v) is 4.35. The molecule has 0 saturated carbocycles. The molecule has 0 fully saturated rings. The van der Waals surface area contributed by atoms with Gasteiger partial charge in [0, 0.05) is 12.3 Å². The average Bonchev–Trinajstić information content (AvgIpc) is 3.21. The monoisotopic (exact) mass is 408 g/mol. The summed E-state index contributed by atoms with van der Waals surface area (Å²) in [6, 6.07) is 18.0. The first-order valence-corrected chi connectivity index (χ1v) is 10.5. The van der Waals surface area contributed by atoms with Gasteiger partial charge in [-0.25, -0.2) is 4.39 Å². The highest BCUT2D eigenvalue weighted by Crippen LogP contribution is 2.31. The molecule has 1 aliphatic heterocycles. The number of amidine groups is 1. The standard InChI is InChI=1S/C23H21FN2O2S/c1-2-28-20-12-9-17-5-3-4-6-19(17)21(20)22(27)26-14-13-25-23(26)29-15-16-7-10-18(24)11-8-16/h3-12H,2,13-15H2,1H3. The lowest BCUT2D eigenvalue weighted by atomic mass is 10.0. The predicted molar refractivity (Wildman–Crippen MR) is 116 cm³/mol. The average molecular weight is 408 g/mol. The van der Waals surface area contributed by atoms with E-state index in [0.29, 0.717) is 41.9 Å². The van der Waals surface area contributed by atoms with Crippen LogP contribution < -0.4 is 4.74 Å². The lowest BCUT2D eigenvalue weighted by molar-refractivity contribution is 0.0858. The topological polar surface area (TPSA) is 41.9 Å². The highest BCUT2D eigenvalue weighted by Gasteiger charge is 2.28. The Labute approximate surface area is 173 Å². The Kier molecular flexibility index (Phi) is 5.81. The van der Waals surface area contributed by atoms with Gasteiger partial charge in [0.05, 0.1) is 18.7 Å². The highest BCUT2D eigenvalue weighted by molar-refractivity contribution is 8.13. The fraction of sp³-hybridized carbons (Fsp3) is 0.217. The number of nitrogens with zero attached hydrogens (tertiary/aromatic N) is 2. The molecule has 0 spiro atoms. The Morgan fingerprint density at radius 2 is 1.93 bits per heavy atom. The van der Waals surface area contributed by atoms with Crippen molar-refractivity contribution in [1.29, 1.82) is 0 Å². The molecule has 29 heavy (non-hydrogen) atoms. The molecule has 0 saturated heterocycles. The number of benzene rings is 3. The minimum Gasteiger partial charge on any atom is -0.493 e. The van der Waals surface area contributed by atoms with Crippen molar-refractivity contribution in [3.8, 4) is 5.75 Å². The van der Waals surface area contributed by atoms with Crippen molar-refractivity contribution in [3.63, 3.8) is 0 Å². The summed E-state index contributed by atoms with van der Waals surface area (Å²) in [6.45, 7) is 3.51. The van der Waals surface area contributed by atoms with Crippen LogP contribution in [-0.4, -0.2) is 35.7 Å². The summed E-state index contributed by atoms with van der Waals surface area (Å²) in [4.78, 5) is 19.8. The SMILES string of the molecule is CCOc1ccc2ccccc2c1C(=O)N1CCN=C1SCc1ccc(F)cc1. The number of hydrogen-bond donors (Lipinski definition) is 0. The molecule has 3 aromatic carbocycles. The van der Waals surface area contributed by atoms with Gasteiger partial charge in [-0.2, -0.15) is 0 Å². The number of thioether (sulfide) groups is 1. The summed E-state index contributed by atoms with van der Waals surface area (Å²) in [7, 11) is 0. The molecule has 3 aromatic rings. The van der Waals surface area contributed by atoms with Gasteiger partial charge in [0.15, 0.2) is 5.17 Å². The third-order valence-corrected chi connectivity index (χ3v) is 5.82. The first-order valence-electron chi connectivity index (χ1n) is 9.55. The maximum Gasteiger partial charge on any atom is 0.264 e. The molecule has 0 aromatic heterocycles. The van der Waals surface area contributed by atoms with Gasteiger partial charge >= 0.3 is 0 Å². The molecule has 0 unspecified atom stereocenters. The van der Waals surface area contributed by atoms with Crippen molar-refractivity contribution in [3.05, 3.63) is 77.6 Å². The van der Waals surface area contributed by atoms with Crippen LogP contribution in [0, 0.1) is 5.82 Å². The first kappa shape index (κ1) is 19.5. The van der Waals surface area contributed by atoms with Crippen molar-refractivity contribution >= 4 is 33.6 Å². The summed E-state index contributed by atoms with van der Waals surface area (Å²) in [5.74, 6) is 0.851. The van der Waals surface area contributed by atoms with Crippen molar-refractivity contribution in [2.24, 2.45) is 4.99 Å². The third kappa shape index (κ3) is 4.12. The predicted octanol–water partition coefficient (Wildman–Crippen LogP) is 5.12. The summed E-state index contributed by atoms with van der Waals surface area (Å²) >= 11 is 1.49. The van der Waals surface area contributed by atoms with Crippen LogP contribution in [0.2, 0.25) is 0 Å². The van der Waals surface area contributed by atoms with Crippen LogP contribution >= 0.6 is 11.8 Å². The number of rotatable bonds is 5. The van der Waals surface area contributed by atoms with Gasteiger partial charge in [0.1, 0.15) is 11.6 Å². The van der Waals surface area contributed by atoms with Crippen LogP contribution in [0.25, 0.3) is 10.8 Å². The van der Waals surface area contributed by atoms with Crippen LogP contribution in [0.5, 0.6) is 5.75 Å². The molecule has 0 radical (unpaired) electrons. The molecule has 4 rings (SSSR count). The number of carbonyl (C=O) groups is 1. The highest BCUT2D eigenvalue weighted by atomic mass is 32.2. The summed E-state index contributed by atoms with van der Waals surface area (Å²) < 4.78 is 18.9. The number of amides is 1. The van der Waals surface area contributed by atoms with E-state index in [1.54, 1.807) is 17.0 Å². The molecule has 1 amide bonds. The van der Waals surface area contributed by atoms with E-state index < -0.39 is 0 Å². The Morgan fingerprint density at radius 3 is 2.72 bits per heavy atom. The summed E-state index contributed by atoms with van der Waals surface area (Å²) in [5.41, 5.74) is 1.56. The lowest BCUT2D eigenvalue weighted by Crippen LogP contribution is -2.33. The summed E-state index contributed by atoms with van der Waals surface area (Å²) in [5, 5.41) is 2.56. The molecule has 6 heteroatoms. The van der Waals surface area contributed by atoms with Crippen LogP contribution in [0.1, 0.15) is 22.8 Å². The van der Waals surface area contributed by atoms with E-state index >= 15 is 0 Å². The van der Waals surface area contributed by atoms with Gasteiger partial charge in [-0.1, -0.05) is 54.2 Å². The zero-order valence-corrected chi connectivity index (χ0v) is 16.9. The number of carbonyl (C=O) groups excluding carboxylic acids is 1. The molecular formula is C23H21FN2O2S. The molecule has 1 heterocycles. The second kappa shape index (κ2) is 8.66. The summed E-state index contributed by atoms with van der Waals surface area (Å²) in [6.07, 6.45) is 0. The Bertz CT molecular complexity index is 1070. The van der Waals surface area contributed by atoms with E-state index in [9.17, 15) is 9.18 Å². The molecule has 148 valence electrons. The van der Waals surface area contributed by atoms with Gasteiger partial charge in [-0.3, -0.25) is 14.7 Å². The van der Waals surface area contributed by atoms with E-state index in [1.165, 1.54) is 23.9 Å². The lowest BCUT2D eigenvalue weighted by Gasteiger charge is -2.21. The number of ether oxygens (including phenoxy) is 1. The zero-order chi connectivity index (χ0) is 20.2. The van der Waals surface area contributed by atoms with Gasteiger partial charge < -0.3 is 4.74 Å². The quantitative estimate of drug-likeness (QED) is 0.588. The molecule has 0 bridgehead atoms. The molecule has 0 aliphatic carbocycles. The molecule has 1 aliphatic rings.